The molecule has 19 heavy (non-hydrogen) atoms. The molecule has 1 atom stereocenters. The van der Waals surface area contributed by atoms with Gasteiger partial charge in [0.1, 0.15) is 5.82 Å². The van der Waals surface area contributed by atoms with Gasteiger partial charge in [0, 0.05) is 11.6 Å². The summed E-state index contributed by atoms with van der Waals surface area (Å²) in [5.41, 5.74) is 1.81. The molecule has 2 rings (SSSR count). The van der Waals surface area contributed by atoms with Crippen molar-refractivity contribution in [2.45, 2.75) is 12.6 Å². The highest BCUT2D eigenvalue weighted by atomic mass is 35.5. The summed E-state index contributed by atoms with van der Waals surface area (Å²) in [5.74, 6) is -0.351. The number of hydrogen-bond acceptors (Lipinski definition) is 2. The largest absolute Gasteiger partial charge is 0.394 e. The van der Waals surface area contributed by atoms with Crippen LogP contribution in [0, 0.1) is 5.82 Å². The van der Waals surface area contributed by atoms with E-state index in [1.807, 2.05) is 30.3 Å². The molecule has 0 amide bonds. The lowest BCUT2D eigenvalue weighted by molar-refractivity contribution is 0.243. The molecule has 0 aliphatic rings. The zero-order valence-electron chi connectivity index (χ0n) is 10.3. The van der Waals surface area contributed by atoms with Gasteiger partial charge in [0.05, 0.1) is 12.6 Å². The maximum Gasteiger partial charge on any atom is 0.124 e. The number of rotatable bonds is 5. The number of aliphatic hydroxyl groups is 1. The second-order valence-electron chi connectivity index (χ2n) is 4.26. The van der Waals surface area contributed by atoms with Crippen LogP contribution in [0.1, 0.15) is 17.2 Å². The van der Waals surface area contributed by atoms with Crippen molar-refractivity contribution >= 4 is 11.6 Å². The monoisotopic (exact) mass is 279 g/mol. The molecule has 0 spiro atoms. The van der Waals surface area contributed by atoms with E-state index < -0.39 is 0 Å². The molecule has 0 aliphatic carbocycles. The van der Waals surface area contributed by atoms with Crippen LogP contribution in [0.15, 0.2) is 48.5 Å². The first-order valence-electron chi connectivity index (χ1n) is 6.04. The van der Waals surface area contributed by atoms with Crippen LogP contribution < -0.4 is 5.32 Å². The summed E-state index contributed by atoms with van der Waals surface area (Å²) in [6.45, 7) is 0.460. The van der Waals surface area contributed by atoms with Gasteiger partial charge in [-0.15, -0.1) is 0 Å². The maximum atomic E-state index is 12.9. The van der Waals surface area contributed by atoms with E-state index in [0.29, 0.717) is 11.6 Å². The topological polar surface area (TPSA) is 32.3 Å². The molecule has 0 aliphatic heterocycles. The van der Waals surface area contributed by atoms with Gasteiger partial charge in [0.2, 0.25) is 0 Å². The van der Waals surface area contributed by atoms with Crippen LogP contribution in [0.25, 0.3) is 0 Å². The number of halogens is 2. The molecule has 0 fully saturated rings. The van der Waals surface area contributed by atoms with Crippen LogP contribution >= 0.6 is 11.6 Å². The lowest BCUT2D eigenvalue weighted by atomic mass is 10.1. The first kappa shape index (κ1) is 14.0. The lowest BCUT2D eigenvalue weighted by Crippen LogP contribution is -2.24. The van der Waals surface area contributed by atoms with Gasteiger partial charge in [-0.1, -0.05) is 48.0 Å². The highest BCUT2D eigenvalue weighted by Crippen LogP contribution is 2.19. The number of benzene rings is 2. The molecule has 100 valence electrons. The molecule has 0 radical (unpaired) electrons. The average Bonchev–Trinajstić information content (AvgIpc) is 2.43. The van der Waals surface area contributed by atoms with Crippen LogP contribution in [-0.2, 0) is 6.54 Å². The van der Waals surface area contributed by atoms with Crippen molar-refractivity contribution in [1.29, 1.82) is 0 Å². The number of aliphatic hydroxyl groups excluding tert-OH is 1. The normalized spacial score (nSPS) is 12.4. The minimum atomic E-state index is -0.351. The maximum absolute atomic E-state index is 12.9. The summed E-state index contributed by atoms with van der Waals surface area (Å²) in [6.07, 6.45) is 0. The summed E-state index contributed by atoms with van der Waals surface area (Å²) in [6, 6.07) is 13.8. The predicted octanol–water partition coefficient (Wildman–Crippen LogP) is 3.30. The van der Waals surface area contributed by atoms with Crippen molar-refractivity contribution < 1.29 is 9.50 Å². The summed E-state index contributed by atoms with van der Waals surface area (Å²) in [5, 5.41) is 13.0. The van der Waals surface area contributed by atoms with Crippen LogP contribution in [0.2, 0.25) is 5.02 Å². The SMILES string of the molecule is OCC(NCc1ccc(F)cc1Cl)c1ccccc1. The van der Waals surface area contributed by atoms with Crippen molar-refractivity contribution in [3.05, 3.63) is 70.5 Å². The second kappa shape index (κ2) is 6.66. The third-order valence-electron chi connectivity index (χ3n) is 2.94. The van der Waals surface area contributed by atoms with E-state index in [4.69, 9.17) is 11.6 Å². The van der Waals surface area contributed by atoms with Crippen LogP contribution in [0.4, 0.5) is 4.39 Å². The summed E-state index contributed by atoms with van der Waals surface area (Å²) in [7, 11) is 0. The fraction of sp³-hybridized carbons (Fsp3) is 0.200. The van der Waals surface area contributed by atoms with Gasteiger partial charge < -0.3 is 10.4 Å². The van der Waals surface area contributed by atoms with E-state index in [0.717, 1.165) is 11.1 Å². The fourth-order valence-electron chi connectivity index (χ4n) is 1.87. The van der Waals surface area contributed by atoms with E-state index in [2.05, 4.69) is 5.32 Å². The summed E-state index contributed by atoms with van der Waals surface area (Å²) in [4.78, 5) is 0. The van der Waals surface area contributed by atoms with Crippen molar-refractivity contribution in [3.8, 4) is 0 Å². The van der Waals surface area contributed by atoms with Crippen molar-refractivity contribution in [2.24, 2.45) is 0 Å². The van der Waals surface area contributed by atoms with E-state index in [-0.39, 0.29) is 18.5 Å². The minimum absolute atomic E-state index is 0.0111. The molecule has 0 heterocycles. The van der Waals surface area contributed by atoms with Gasteiger partial charge in [-0.25, -0.2) is 4.39 Å². The van der Waals surface area contributed by atoms with E-state index in [1.165, 1.54) is 12.1 Å². The van der Waals surface area contributed by atoms with Crippen molar-refractivity contribution in [3.63, 3.8) is 0 Å². The van der Waals surface area contributed by atoms with Crippen molar-refractivity contribution in [2.75, 3.05) is 6.61 Å². The quantitative estimate of drug-likeness (QED) is 0.880. The Morgan fingerprint density at radius 2 is 1.89 bits per heavy atom. The molecule has 2 nitrogen and oxygen atoms in total. The number of nitrogens with one attached hydrogen (secondary N) is 1. The molecule has 2 N–H and O–H groups in total. The minimum Gasteiger partial charge on any atom is -0.394 e. The molecule has 0 saturated heterocycles. The predicted molar refractivity (Wildman–Crippen MR) is 74.5 cm³/mol. The van der Waals surface area contributed by atoms with Crippen molar-refractivity contribution in [1.82, 2.24) is 5.32 Å². The van der Waals surface area contributed by atoms with Gasteiger partial charge >= 0.3 is 0 Å². The third kappa shape index (κ3) is 3.77. The molecule has 1 unspecified atom stereocenters. The Bertz CT molecular complexity index is 533. The molecule has 0 aromatic heterocycles. The highest BCUT2D eigenvalue weighted by Gasteiger charge is 2.10. The Kier molecular flexibility index (Phi) is 4.91. The third-order valence-corrected chi connectivity index (χ3v) is 3.29. The molecular formula is C15H15ClFNO. The van der Waals surface area contributed by atoms with Gasteiger partial charge in [-0.2, -0.15) is 0 Å². The summed E-state index contributed by atoms with van der Waals surface area (Å²) >= 11 is 5.96. The average molecular weight is 280 g/mol. The molecule has 0 saturated carbocycles. The molecule has 2 aromatic carbocycles. The van der Waals surface area contributed by atoms with E-state index in [1.54, 1.807) is 6.07 Å². The van der Waals surface area contributed by atoms with Gasteiger partial charge in [0.15, 0.2) is 0 Å². The Morgan fingerprint density at radius 1 is 1.16 bits per heavy atom. The van der Waals surface area contributed by atoms with Crippen LogP contribution in [-0.4, -0.2) is 11.7 Å². The van der Waals surface area contributed by atoms with E-state index >= 15 is 0 Å². The zero-order chi connectivity index (χ0) is 13.7. The van der Waals surface area contributed by atoms with Crippen LogP contribution in [0.3, 0.4) is 0 Å². The molecule has 0 bridgehead atoms. The molecule has 4 heteroatoms. The van der Waals surface area contributed by atoms with E-state index in [9.17, 15) is 9.50 Å². The van der Waals surface area contributed by atoms with Crippen LogP contribution in [0.5, 0.6) is 0 Å². The smallest absolute Gasteiger partial charge is 0.124 e. The standard InChI is InChI=1S/C15H15ClFNO/c16-14-8-13(17)7-6-12(14)9-18-15(10-19)11-4-2-1-3-5-11/h1-8,15,18-19H,9-10H2. The lowest BCUT2D eigenvalue weighted by Gasteiger charge is -2.17. The summed E-state index contributed by atoms with van der Waals surface area (Å²) < 4.78 is 12.9. The molecule has 2 aromatic rings. The van der Waals surface area contributed by atoms with Gasteiger partial charge in [-0.3, -0.25) is 0 Å². The number of hydrogen-bond donors (Lipinski definition) is 2. The Morgan fingerprint density at radius 3 is 2.53 bits per heavy atom. The van der Waals surface area contributed by atoms with Gasteiger partial charge in [-0.05, 0) is 23.3 Å². The first-order chi connectivity index (χ1) is 9.20. The Hall–Kier alpha value is -1.42. The Balaban J connectivity index is 2.04. The Labute approximate surface area is 116 Å². The second-order valence-corrected chi connectivity index (χ2v) is 4.67. The van der Waals surface area contributed by atoms with Gasteiger partial charge in [0.25, 0.3) is 0 Å². The molecular weight excluding hydrogens is 265 g/mol. The zero-order valence-corrected chi connectivity index (χ0v) is 11.1. The fourth-order valence-corrected chi connectivity index (χ4v) is 2.11. The first-order valence-corrected chi connectivity index (χ1v) is 6.41. The highest BCUT2D eigenvalue weighted by molar-refractivity contribution is 6.31.